The zero-order valence-corrected chi connectivity index (χ0v) is 22.1. The number of aliphatic imine (C=N–C) groups is 1. The van der Waals surface area contributed by atoms with E-state index in [2.05, 4.69) is 23.8 Å². The molecule has 1 heterocycles. The van der Waals surface area contributed by atoms with E-state index in [4.69, 9.17) is 0 Å². The van der Waals surface area contributed by atoms with Gasteiger partial charge in [0, 0.05) is 23.7 Å². The second kappa shape index (κ2) is 14.1. The van der Waals surface area contributed by atoms with E-state index in [-0.39, 0.29) is 50.5 Å². The number of nitrogens with zero attached hydrogens (tertiary/aromatic N) is 2. The number of hydrogen-bond acceptors (Lipinski definition) is 5. The zero-order chi connectivity index (χ0) is 23.3. The van der Waals surface area contributed by atoms with Crippen LogP contribution in [0.5, 0.6) is 11.5 Å². The number of aromatic nitrogens is 1. The first kappa shape index (κ1) is 26.1. The Morgan fingerprint density at radius 1 is 1.03 bits per heavy atom. The third-order valence-electron chi connectivity index (χ3n) is 5.08. The summed E-state index contributed by atoms with van der Waals surface area (Å²) in [6, 6.07) is 10.7. The Hall–Kier alpha value is -2.12. The molecule has 0 amide bonds. The first-order chi connectivity index (χ1) is 15.5. The minimum atomic E-state index is -0.314. The van der Waals surface area contributed by atoms with Crippen LogP contribution in [-0.2, 0) is 6.61 Å². The molecule has 5 nitrogen and oxygen atoms in total. The minimum absolute atomic E-state index is 0.149. The van der Waals surface area contributed by atoms with Gasteiger partial charge in [-0.1, -0.05) is 41.8 Å². The number of aliphatic hydroxyl groups excluding tert-OH is 1. The molecule has 0 aliphatic heterocycles. The molecule has 0 atom stereocenters. The maximum atomic E-state index is 12.1. The third kappa shape index (κ3) is 7.78. The van der Waals surface area contributed by atoms with E-state index >= 15 is 0 Å². The first-order valence-electron chi connectivity index (χ1n) is 11.2. The number of aliphatic hydroxyl groups is 1. The van der Waals surface area contributed by atoms with Crippen molar-refractivity contribution in [2.45, 2.75) is 61.9 Å². The van der Waals surface area contributed by atoms with Crippen LogP contribution in [0.1, 0.15) is 56.4 Å². The fourth-order valence-electron chi connectivity index (χ4n) is 3.08. The molecular weight excluding hydrogens is 507 g/mol. The van der Waals surface area contributed by atoms with Crippen LogP contribution in [0, 0.1) is 6.92 Å². The van der Waals surface area contributed by atoms with Gasteiger partial charge in [-0.2, -0.15) is 0 Å². The number of unbranched alkanes of at least 4 members (excludes halogenated alkanes) is 2. The van der Waals surface area contributed by atoms with Crippen molar-refractivity contribution < 1.29 is 15.3 Å². The Morgan fingerprint density at radius 3 is 2.25 bits per heavy atom. The Labute approximate surface area is 201 Å². The van der Waals surface area contributed by atoms with Crippen LogP contribution in [0.15, 0.2) is 47.6 Å². The molecule has 168 valence electrons. The first-order valence-corrected chi connectivity index (χ1v) is 15.3. The molecule has 3 aromatic rings. The Morgan fingerprint density at radius 2 is 1.66 bits per heavy atom. The SMILES string of the molecule is CCC[CH2][Sn+2][CH2]CCC.Cc1ncc(CO)c(C=Nc2cc3ccccc3cc2[O-])c1[O-]. The van der Waals surface area contributed by atoms with Gasteiger partial charge in [-0.15, -0.1) is 0 Å². The molecule has 0 saturated heterocycles. The van der Waals surface area contributed by atoms with Crippen molar-refractivity contribution in [3.8, 4) is 11.5 Å². The number of aryl methyl sites for hydroxylation is 1. The maximum Gasteiger partial charge on any atom is 0.0703 e. The van der Waals surface area contributed by atoms with E-state index in [0.29, 0.717) is 11.3 Å². The van der Waals surface area contributed by atoms with Crippen LogP contribution >= 0.6 is 0 Å². The molecule has 0 fully saturated rings. The molecule has 0 saturated carbocycles. The second-order valence-electron chi connectivity index (χ2n) is 7.65. The van der Waals surface area contributed by atoms with Gasteiger partial charge in [0.05, 0.1) is 12.3 Å². The van der Waals surface area contributed by atoms with E-state index in [9.17, 15) is 15.3 Å². The topological polar surface area (TPSA) is 91.6 Å². The Kier molecular flexibility index (Phi) is 11.5. The fraction of sp³-hybridized carbons (Fsp3) is 0.385. The van der Waals surface area contributed by atoms with Crippen LogP contribution in [0.25, 0.3) is 10.8 Å². The summed E-state index contributed by atoms with van der Waals surface area (Å²) in [6.45, 7) is 5.86. The molecule has 3 rings (SSSR count). The van der Waals surface area contributed by atoms with Gasteiger partial charge in [-0.3, -0.25) is 9.98 Å². The Balaban J connectivity index is 0.000000344. The van der Waals surface area contributed by atoms with E-state index < -0.39 is 0 Å². The van der Waals surface area contributed by atoms with Crippen molar-refractivity contribution in [1.82, 2.24) is 4.98 Å². The van der Waals surface area contributed by atoms with Crippen molar-refractivity contribution >= 4 is 43.8 Å². The summed E-state index contributed by atoms with van der Waals surface area (Å²) >= 11 is 0.149. The summed E-state index contributed by atoms with van der Waals surface area (Å²) in [7, 11) is 0. The van der Waals surface area contributed by atoms with Crippen LogP contribution in [0.2, 0.25) is 8.87 Å². The summed E-state index contributed by atoms with van der Waals surface area (Å²) < 4.78 is 3.25. The van der Waals surface area contributed by atoms with Gasteiger partial charge < -0.3 is 15.3 Å². The molecule has 0 radical (unpaired) electrons. The Bertz CT molecular complexity index is 1020. The summed E-state index contributed by atoms with van der Waals surface area (Å²) in [5.74, 6) is -0.516. The van der Waals surface area contributed by atoms with Gasteiger partial charge in [0.15, 0.2) is 0 Å². The predicted octanol–water partition coefficient (Wildman–Crippen LogP) is 5.06. The molecule has 0 aliphatic rings. The average Bonchev–Trinajstić information content (AvgIpc) is 2.80. The van der Waals surface area contributed by atoms with Gasteiger partial charge in [0.1, 0.15) is 0 Å². The zero-order valence-electron chi connectivity index (χ0n) is 19.2. The van der Waals surface area contributed by atoms with Crippen LogP contribution < -0.4 is 10.2 Å². The average molecular weight is 539 g/mol. The fourth-order valence-corrected chi connectivity index (χ4v) is 7.24. The van der Waals surface area contributed by atoms with Crippen LogP contribution in [-0.4, -0.2) is 37.4 Å². The van der Waals surface area contributed by atoms with Crippen molar-refractivity contribution in [2.75, 3.05) is 0 Å². The van der Waals surface area contributed by atoms with Gasteiger partial charge in [0.25, 0.3) is 0 Å². The van der Waals surface area contributed by atoms with Gasteiger partial charge in [0.2, 0.25) is 0 Å². The summed E-state index contributed by atoms with van der Waals surface area (Å²) in [5.41, 5.74) is 1.22. The van der Waals surface area contributed by atoms with E-state index in [0.717, 1.165) is 10.8 Å². The molecule has 6 heteroatoms. The predicted molar refractivity (Wildman–Crippen MR) is 130 cm³/mol. The summed E-state index contributed by atoms with van der Waals surface area (Å²) in [6.07, 6.45) is 8.61. The quantitative estimate of drug-likeness (QED) is 0.234. The van der Waals surface area contributed by atoms with E-state index in [1.54, 1.807) is 21.9 Å². The molecule has 0 unspecified atom stereocenters. The van der Waals surface area contributed by atoms with E-state index in [1.807, 2.05) is 24.3 Å². The molecule has 32 heavy (non-hydrogen) atoms. The molecule has 2 aromatic carbocycles. The molecule has 1 N–H and O–H groups in total. The van der Waals surface area contributed by atoms with Crippen molar-refractivity contribution in [3.05, 3.63) is 59.4 Å². The van der Waals surface area contributed by atoms with Crippen molar-refractivity contribution in [2.24, 2.45) is 4.99 Å². The maximum absolute atomic E-state index is 12.1. The van der Waals surface area contributed by atoms with Crippen LogP contribution in [0.4, 0.5) is 5.69 Å². The summed E-state index contributed by atoms with van der Waals surface area (Å²) in [5, 5.41) is 35.3. The normalized spacial score (nSPS) is 10.8. The molecule has 0 aliphatic carbocycles. The molecule has 0 spiro atoms. The van der Waals surface area contributed by atoms with Gasteiger partial charge in [-0.25, -0.2) is 0 Å². The minimum Gasteiger partial charge on any atom is -0.871 e. The number of hydrogen-bond donors (Lipinski definition) is 1. The number of benzene rings is 2. The van der Waals surface area contributed by atoms with Gasteiger partial charge in [-0.05, 0) is 29.3 Å². The van der Waals surface area contributed by atoms with Crippen LogP contribution in [0.3, 0.4) is 0 Å². The monoisotopic (exact) mass is 540 g/mol. The standard InChI is InChI=1S/C18H16N2O3.2C4H9.Sn/c1-11-18(23)15(14(10-21)8-19-11)9-20-16-6-12-4-2-3-5-13(12)7-17(16)22;2*1-3-4-2;/h2-9,21-23H,10H2,1H3;2*1,3-4H2,2H3;/q;;;+2/p-2. The molecular formula is C26H32N2O3Sn. The smallest absolute Gasteiger partial charge is 0.0703 e. The van der Waals surface area contributed by atoms with E-state index in [1.165, 1.54) is 44.2 Å². The summed E-state index contributed by atoms with van der Waals surface area (Å²) in [4.78, 5) is 8.09. The van der Waals surface area contributed by atoms with Gasteiger partial charge >= 0.3 is 69.5 Å². The third-order valence-corrected chi connectivity index (χ3v) is 9.11. The van der Waals surface area contributed by atoms with Crippen molar-refractivity contribution in [1.29, 1.82) is 0 Å². The molecule has 1 aromatic heterocycles. The largest absolute Gasteiger partial charge is 0.871 e. The number of fused-ring (bicyclic) bond motifs is 1. The van der Waals surface area contributed by atoms with Crippen molar-refractivity contribution in [3.63, 3.8) is 0 Å². The number of pyridine rings is 1. The number of rotatable bonds is 9. The molecule has 0 bridgehead atoms. The second-order valence-corrected chi connectivity index (χ2v) is 11.9.